The van der Waals surface area contributed by atoms with Crippen molar-refractivity contribution in [3.05, 3.63) is 64.3 Å². The molecule has 8 nitrogen and oxygen atoms in total. The Bertz CT molecular complexity index is 1360. The smallest absolute Gasteiger partial charge is 0.316 e. The van der Waals surface area contributed by atoms with Crippen LogP contribution in [-0.4, -0.2) is 25.8 Å². The summed E-state index contributed by atoms with van der Waals surface area (Å²) in [6.45, 7) is 2.37. The molecule has 0 unspecified atom stereocenters. The maximum Gasteiger partial charge on any atom is 0.316 e. The summed E-state index contributed by atoms with van der Waals surface area (Å²) in [5.41, 5.74) is 0.0619. The molecule has 2 N–H and O–H groups in total. The highest BCUT2D eigenvalue weighted by Crippen LogP contribution is 2.35. The minimum atomic E-state index is -0.757. The van der Waals surface area contributed by atoms with E-state index in [-0.39, 0.29) is 22.8 Å². The molecule has 0 spiro atoms. The molecule has 0 aliphatic heterocycles. The van der Waals surface area contributed by atoms with E-state index >= 15 is 0 Å². The fourth-order valence-corrected chi connectivity index (χ4v) is 3.24. The molecule has 9 heteroatoms. The predicted molar refractivity (Wildman–Crippen MR) is 110 cm³/mol. The van der Waals surface area contributed by atoms with Crippen molar-refractivity contribution in [1.29, 1.82) is 0 Å². The summed E-state index contributed by atoms with van der Waals surface area (Å²) in [4.78, 5) is 28.0. The van der Waals surface area contributed by atoms with Gasteiger partial charge in [-0.3, -0.25) is 9.59 Å². The van der Waals surface area contributed by atoms with Crippen molar-refractivity contribution in [2.75, 3.05) is 0 Å². The van der Waals surface area contributed by atoms with Crippen molar-refractivity contribution in [3.63, 3.8) is 0 Å². The van der Waals surface area contributed by atoms with E-state index in [0.717, 1.165) is 12.8 Å². The van der Waals surface area contributed by atoms with E-state index in [1.54, 1.807) is 24.3 Å². The molecular weight excluding hydrogens is 389 g/mol. The van der Waals surface area contributed by atoms with Gasteiger partial charge in [0.25, 0.3) is 5.56 Å². The lowest BCUT2D eigenvalue weighted by Gasteiger charge is -2.08. The zero-order valence-corrected chi connectivity index (χ0v) is 16.1. The van der Waals surface area contributed by atoms with Gasteiger partial charge in [0.15, 0.2) is 11.4 Å². The minimum Gasteiger partial charge on any atom is -0.493 e. The van der Waals surface area contributed by atoms with E-state index in [1.807, 2.05) is 6.92 Å². The third-order valence-corrected chi connectivity index (χ3v) is 4.75. The Morgan fingerprint density at radius 1 is 1.20 bits per heavy atom. The fraction of sp³-hybridized carbons (Fsp3) is 0.190. The van der Waals surface area contributed by atoms with Crippen LogP contribution in [0.25, 0.3) is 21.7 Å². The Morgan fingerprint density at radius 3 is 2.73 bits per heavy atom. The first kappa shape index (κ1) is 19.4. The van der Waals surface area contributed by atoms with Gasteiger partial charge >= 0.3 is 5.91 Å². The van der Waals surface area contributed by atoms with E-state index in [9.17, 15) is 19.1 Å². The van der Waals surface area contributed by atoms with E-state index < -0.39 is 11.7 Å². The minimum absolute atomic E-state index is 0.00423. The third kappa shape index (κ3) is 3.45. The average molecular weight is 407 g/mol. The summed E-state index contributed by atoms with van der Waals surface area (Å²) < 4.78 is 14.6. The summed E-state index contributed by atoms with van der Waals surface area (Å²) in [6.07, 6.45) is 1.60. The second-order valence-corrected chi connectivity index (χ2v) is 6.79. The van der Waals surface area contributed by atoms with E-state index in [1.165, 1.54) is 22.9 Å². The summed E-state index contributed by atoms with van der Waals surface area (Å²) in [6, 6.07) is 10.5. The van der Waals surface area contributed by atoms with Gasteiger partial charge in [-0.25, -0.2) is 9.07 Å². The Balaban J connectivity index is 1.78. The molecule has 0 saturated carbocycles. The lowest BCUT2D eigenvalue weighted by atomic mass is 10.1. The van der Waals surface area contributed by atoms with Crippen LogP contribution in [0.5, 0.6) is 5.88 Å². The molecule has 30 heavy (non-hydrogen) atoms. The highest BCUT2D eigenvalue weighted by molar-refractivity contribution is 6.05. The lowest BCUT2D eigenvalue weighted by molar-refractivity contribution is 0.0989. The predicted octanol–water partition coefficient (Wildman–Crippen LogP) is 4.45. The average Bonchev–Trinajstić information content (AvgIpc) is 3.05. The lowest BCUT2D eigenvalue weighted by Crippen LogP contribution is -2.25. The van der Waals surface area contributed by atoms with Crippen molar-refractivity contribution in [1.82, 2.24) is 14.8 Å². The van der Waals surface area contributed by atoms with Crippen molar-refractivity contribution in [3.8, 4) is 5.88 Å². The highest BCUT2D eigenvalue weighted by Gasteiger charge is 2.17. The maximum atomic E-state index is 13.4. The first-order valence-electron chi connectivity index (χ1n) is 9.45. The third-order valence-electron chi connectivity index (χ3n) is 4.75. The number of amides is 1. The standard InChI is InChI=1S/C21H18FN5O3/c1-2-3-10-27-21(30)14-7-5-4-6-13(14)18(26-27)20(29)25-24-17-15-9-8-12(22)11-16(15)23-19(17)28/h4-9,11,23,28H,2-3,10H2,1H3. The van der Waals surface area contributed by atoms with Gasteiger partial charge in [0, 0.05) is 17.3 Å². The van der Waals surface area contributed by atoms with Crippen LogP contribution in [0.15, 0.2) is 57.5 Å². The summed E-state index contributed by atoms with van der Waals surface area (Å²) in [5, 5.41) is 23.0. The van der Waals surface area contributed by atoms with E-state index in [4.69, 9.17) is 0 Å². The molecule has 2 aromatic carbocycles. The van der Waals surface area contributed by atoms with Gasteiger partial charge in [0.05, 0.1) is 10.9 Å². The number of nitrogens with zero attached hydrogens (tertiary/aromatic N) is 4. The molecular formula is C21H18FN5O3. The van der Waals surface area contributed by atoms with Crippen LogP contribution in [0.4, 0.5) is 10.1 Å². The Morgan fingerprint density at radius 2 is 1.97 bits per heavy atom. The zero-order chi connectivity index (χ0) is 21.3. The molecule has 4 rings (SSSR count). The van der Waals surface area contributed by atoms with Crippen molar-refractivity contribution < 1.29 is 14.3 Å². The number of aryl methyl sites for hydroxylation is 1. The monoisotopic (exact) mass is 407 g/mol. The second-order valence-electron chi connectivity index (χ2n) is 6.79. The van der Waals surface area contributed by atoms with Gasteiger partial charge < -0.3 is 10.1 Å². The number of rotatable bonds is 5. The van der Waals surface area contributed by atoms with E-state index in [0.29, 0.717) is 28.2 Å². The van der Waals surface area contributed by atoms with Gasteiger partial charge in [0.2, 0.25) is 5.88 Å². The first-order chi connectivity index (χ1) is 14.5. The number of aromatic hydroxyl groups is 1. The number of hydrogen-bond acceptors (Lipinski definition) is 5. The van der Waals surface area contributed by atoms with Crippen LogP contribution in [-0.2, 0) is 6.54 Å². The Kier molecular flexibility index (Phi) is 5.09. The number of hydrogen-bond donors (Lipinski definition) is 2. The number of carbonyl (C=O) groups is 1. The molecule has 2 aromatic heterocycles. The molecule has 2 heterocycles. The Labute approximate surface area is 169 Å². The zero-order valence-electron chi connectivity index (χ0n) is 16.1. The number of benzene rings is 2. The molecule has 1 amide bonds. The largest absolute Gasteiger partial charge is 0.493 e. The van der Waals surface area contributed by atoms with Crippen LogP contribution in [0.2, 0.25) is 0 Å². The number of nitrogens with one attached hydrogen (secondary N) is 1. The van der Waals surface area contributed by atoms with Gasteiger partial charge in [-0.15, -0.1) is 10.2 Å². The first-order valence-corrected chi connectivity index (χ1v) is 9.45. The van der Waals surface area contributed by atoms with Crippen LogP contribution in [0.1, 0.15) is 30.3 Å². The quantitative estimate of drug-likeness (QED) is 0.476. The van der Waals surface area contributed by atoms with Gasteiger partial charge in [-0.05, 0) is 30.7 Å². The van der Waals surface area contributed by atoms with Crippen LogP contribution < -0.4 is 5.56 Å². The molecule has 4 aromatic rings. The van der Waals surface area contributed by atoms with Gasteiger partial charge in [-0.2, -0.15) is 5.10 Å². The van der Waals surface area contributed by atoms with Crippen LogP contribution in [0, 0.1) is 5.82 Å². The number of carbonyl (C=O) groups excluding carboxylic acids is 1. The molecule has 0 saturated heterocycles. The maximum absolute atomic E-state index is 13.4. The highest BCUT2D eigenvalue weighted by atomic mass is 19.1. The van der Waals surface area contributed by atoms with Gasteiger partial charge in [0.1, 0.15) is 5.82 Å². The topological polar surface area (TPSA) is 113 Å². The molecule has 0 bridgehead atoms. The van der Waals surface area contributed by atoms with Crippen molar-refractivity contribution in [2.24, 2.45) is 10.2 Å². The molecule has 0 aliphatic carbocycles. The number of halogens is 1. The number of azo groups is 1. The van der Waals surface area contributed by atoms with Gasteiger partial charge in [-0.1, -0.05) is 31.5 Å². The summed E-state index contributed by atoms with van der Waals surface area (Å²) in [7, 11) is 0. The molecule has 152 valence electrons. The molecule has 0 radical (unpaired) electrons. The van der Waals surface area contributed by atoms with Crippen LogP contribution >= 0.6 is 0 Å². The van der Waals surface area contributed by atoms with Crippen LogP contribution in [0.3, 0.4) is 0 Å². The summed E-state index contributed by atoms with van der Waals surface area (Å²) in [5.74, 6) is -1.57. The number of aromatic amines is 1. The number of H-pyrrole nitrogens is 1. The number of unbranched alkanes of at least 4 members (excludes halogenated alkanes) is 1. The Hall–Kier alpha value is -3.88. The molecule has 0 aliphatic rings. The number of fused-ring (bicyclic) bond motifs is 2. The van der Waals surface area contributed by atoms with Crippen molar-refractivity contribution >= 4 is 33.3 Å². The fourth-order valence-electron chi connectivity index (χ4n) is 3.24. The second kappa shape index (κ2) is 7.86. The van der Waals surface area contributed by atoms with E-state index in [2.05, 4.69) is 20.3 Å². The molecule has 0 atom stereocenters. The van der Waals surface area contributed by atoms with Crippen molar-refractivity contribution in [2.45, 2.75) is 26.3 Å². The molecule has 0 fully saturated rings. The number of aromatic nitrogens is 3. The summed E-state index contributed by atoms with van der Waals surface area (Å²) >= 11 is 0. The normalized spacial score (nSPS) is 11.7. The SMILES string of the molecule is CCCCn1nc(C(=O)N=Nc2c(O)[nH]c3cc(F)ccc23)c2ccccc2c1=O.